The number of nitro groups is 1. The third-order valence-corrected chi connectivity index (χ3v) is 5.25. The number of hydrogen-bond donors (Lipinski definition) is 2. The second kappa shape index (κ2) is 7.72. The Kier molecular flexibility index (Phi) is 5.36. The van der Waals surface area contributed by atoms with Crippen molar-refractivity contribution < 1.29 is 19.3 Å². The van der Waals surface area contributed by atoms with Crippen molar-refractivity contribution in [3.8, 4) is 0 Å². The molecular formula is C17H17N5O5S. The van der Waals surface area contributed by atoms with Gasteiger partial charge >= 0.3 is 6.03 Å². The predicted octanol–water partition coefficient (Wildman–Crippen LogP) is 2.48. The average molecular weight is 403 g/mol. The van der Waals surface area contributed by atoms with E-state index < -0.39 is 22.8 Å². The molecule has 146 valence electrons. The van der Waals surface area contributed by atoms with Crippen molar-refractivity contribution in [2.45, 2.75) is 20.3 Å². The summed E-state index contributed by atoms with van der Waals surface area (Å²) in [6.45, 7) is 4.09. The largest absolute Gasteiger partial charge is 0.338 e. The molecule has 2 N–H and O–H groups in total. The van der Waals surface area contributed by atoms with E-state index in [1.807, 2.05) is 13.8 Å². The van der Waals surface area contributed by atoms with Gasteiger partial charge in [-0.15, -0.1) is 11.3 Å². The van der Waals surface area contributed by atoms with Gasteiger partial charge in [0.15, 0.2) is 5.13 Å². The summed E-state index contributed by atoms with van der Waals surface area (Å²) in [7, 11) is 0. The van der Waals surface area contributed by atoms with Crippen LogP contribution in [0.15, 0.2) is 18.2 Å². The molecule has 28 heavy (non-hydrogen) atoms. The molecule has 1 aromatic heterocycles. The molecule has 0 saturated heterocycles. The molecule has 3 rings (SSSR count). The van der Waals surface area contributed by atoms with Gasteiger partial charge in [0, 0.05) is 30.1 Å². The first kappa shape index (κ1) is 19.4. The highest BCUT2D eigenvalue weighted by Gasteiger charge is 2.36. The number of fused-ring (bicyclic) bond motifs is 1. The highest BCUT2D eigenvalue weighted by atomic mass is 32.1. The topological polar surface area (TPSA) is 135 Å². The molecule has 11 heteroatoms. The van der Waals surface area contributed by atoms with Gasteiger partial charge in [0.1, 0.15) is 0 Å². The first-order valence-corrected chi connectivity index (χ1v) is 9.23. The van der Waals surface area contributed by atoms with E-state index in [1.54, 1.807) is 0 Å². The summed E-state index contributed by atoms with van der Waals surface area (Å²) < 4.78 is 0. The molecule has 2 aromatic rings. The van der Waals surface area contributed by atoms with Gasteiger partial charge < -0.3 is 5.32 Å². The molecule has 0 aliphatic carbocycles. The van der Waals surface area contributed by atoms with Crippen LogP contribution in [0, 0.1) is 24.0 Å². The van der Waals surface area contributed by atoms with E-state index in [0.717, 1.165) is 21.5 Å². The number of nitro benzene ring substituents is 1. The Morgan fingerprint density at radius 3 is 2.61 bits per heavy atom. The number of carbonyl (C=O) groups is 3. The van der Waals surface area contributed by atoms with Gasteiger partial charge in [0.2, 0.25) is 0 Å². The normalized spacial score (nSPS) is 12.9. The van der Waals surface area contributed by atoms with Crippen LogP contribution in [0.25, 0.3) is 0 Å². The number of thiazole rings is 1. The summed E-state index contributed by atoms with van der Waals surface area (Å²) in [5.74, 6) is -1.06. The van der Waals surface area contributed by atoms with Crippen LogP contribution in [0.1, 0.15) is 37.7 Å². The minimum absolute atomic E-state index is 0.0272. The summed E-state index contributed by atoms with van der Waals surface area (Å²) >= 11 is 1.37. The molecule has 0 spiro atoms. The van der Waals surface area contributed by atoms with Gasteiger partial charge in [-0.05, 0) is 26.3 Å². The van der Waals surface area contributed by atoms with Crippen molar-refractivity contribution in [2.75, 3.05) is 18.4 Å². The SMILES string of the molecule is Cc1nc(NC(=O)NCCCN2C(=O)c3ccc([N+](=O)[O-])cc3C2=O)sc1C. The summed E-state index contributed by atoms with van der Waals surface area (Å²) in [5, 5.41) is 16.6. The number of anilines is 1. The Bertz CT molecular complexity index is 967. The Balaban J connectivity index is 1.51. The standard InChI is InChI=1S/C17H17N5O5S/c1-9-10(2)28-17(19-9)20-16(25)18-6-3-7-21-14(23)12-5-4-11(22(26)27)8-13(12)15(21)24/h4-5,8H,3,6-7H2,1-2H3,(H2,18,19,20,25). The van der Waals surface area contributed by atoms with Gasteiger partial charge in [0.25, 0.3) is 17.5 Å². The lowest BCUT2D eigenvalue weighted by Gasteiger charge is -2.13. The van der Waals surface area contributed by atoms with Gasteiger partial charge in [-0.3, -0.25) is 29.9 Å². The second-order valence-electron chi connectivity index (χ2n) is 6.14. The van der Waals surface area contributed by atoms with E-state index >= 15 is 0 Å². The first-order valence-electron chi connectivity index (χ1n) is 8.41. The summed E-state index contributed by atoms with van der Waals surface area (Å²) in [5.41, 5.74) is 0.786. The molecule has 0 atom stereocenters. The van der Waals surface area contributed by atoms with Crippen LogP contribution in [0.4, 0.5) is 15.6 Å². The molecule has 10 nitrogen and oxygen atoms in total. The smallest absolute Gasteiger partial charge is 0.321 e. The maximum absolute atomic E-state index is 12.4. The maximum atomic E-state index is 12.4. The molecule has 2 heterocycles. The van der Waals surface area contributed by atoms with Crippen LogP contribution in [0.2, 0.25) is 0 Å². The average Bonchev–Trinajstić information content (AvgIpc) is 3.08. The number of nitrogens with zero attached hydrogens (tertiary/aromatic N) is 3. The zero-order valence-electron chi connectivity index (χ0n) is 15.1. The lowest BCUT2D eigenvalue weighted by atomic mass is 10.1. The van der Waals surface area contributed by atoms with Crippen molar-refractivity contribution in [1.82, 2.24) is 15.2 Å². The zero-order chi connectivity index (χ0) is 20.4. The molecule has 0 saturated carbocycles. The van der Waals surface area contributed by atoms with E-state index in [0.29, 0.717) is 11.6 Å². The van der Waals surface area contributed by atoms with Crippen LogP contribution in [0.3, 0.4) is 0 Å². The first-order chi connectivity index (χ1) is 13.3. The van der Waals surface area contributed by atoms with Crippen LogP contribution >= 0.6 is 11.3 Å². The van der Waals surface area contributed by atoms with E-state index in [9.17, 15) is 24.5 Å². The van der Waals surface area contributed by atoms with Crippen LogP contribution < -0.4 is 10.6 Å². The van der Waals surface area contributed by atoms with Crippen molar-refractivity contribution in [3.63, 3.8) is 0 Å². The predicted molar refractivity (Wildman–Crippen MR) is 102 cm³/mol. The molecule has 4 amide bonds. The number of aryl methyl sites for hydroxylation is 2. The maximum Gasteiger partial charge on any atom is 0.321 e. The quantitative estimate of drug-likeness (QED) is 0.329. The fraction of sp³-hybridized carbons (Fsp3) is 0.294. The van der Waals surface area contributed by atoms with Gasteiger partial charge in [0.05, 0.1) is 21.7 Å². The number of rotatable bonds is 6. The fourth-order valence-corrected chi connectivity index (χ4v) is 3.51. The lowest BCUT2D eigenvalue weighted by Crippen LogP contribution is -2.35. The van der Waals surface area contributed by atoms with Crippen LogP contribution in [0.5, 0.6) is 0 Å². The number of non-ortho nitro benzene ring substituents is 1. The van der Waals surface area contributed by atoms with Crippen LogP contribution in [-0.4, -0.2) is 45.7 Å². The lowest BCUT2D eigenvalue weighted by molar-refractivity contribution is -0.384. The van der Waals surface area contributed by atoms with E-state index in [2.05, 4.69) is 15.6 Å². The highest BCUT2D eigenvalue weighted by molar-refractivity contribution is 7.15. The number of carbonyl (C=O) groups excluding carboxylic acids is 3. The van der Waals surface area contributed by atoms with Gasteiger partial charge in [-0.2, -0.15) is 0 Å². The molecule has 0 fully saturated rings. The van der Waals surface area contributed by atoms with Crippen molar-refractivity contribution >= 4 is 40.0 Å². The summed E-state index contributed by atoms with van der Waals surface area (Å²) in [4.78, 5) is 53.0. The van der Waals surface area contributed by atoms with Crippen molar-refractivity contribution in [2.24, 2.45) is 0 Å². The zero-order valence-corrected chi connectivity index (χ0v) is 16.0. The molecular weight excluding hydrogens is 386 g/mol. The molecule has 1 aromatic carbocycles. The van der Waals surface area contributed by atoms with E-state index in [1.165, 1.54) is 23.5 Å². The third kappa shape index (κ3) is 3.83. The van der Waals surface area contributed by atoms with Crippen molar-refractivity contribution in [1.29, 1.82) is 0 Å². The number of imide groups is 1. The Labute approximate surface area is 163 Å². The Morgan fingerprint density at radius 1 is 1.25 bits per heavy atom. The second-order valence-corrected chi connectivity index (χ2v) is 7.35. The Hall–Kier alpha value is -3.34. The number of aromatic nitrogens is 1. The van der Waals surface area contributed by atoms with E-state index in [4.69, 9.17) is 0 Å². The van der Waals surface area contributed by atoms with Crippen molar-refractivity contribution in [3.05, 3.63) is 50.0 Å². The minimum atomic E-state index is -0.616. The minimum Gasteiger partial charge on any atom is -0.338 e. The van der Waals surface area contributed by atoms with Crippen LogP contribution in [-0.2, 0) is 0 Å². The number of nitrogens with one attached hydrogen (secondary N) is 2. The van der Waals surface area contributed by atoms with Gasteiger partial charge in [-0.1, -0.05) is 0 Å². The summed E-state index contributed by atoms with van der Waals surface area (Å²) in [6.07, 6.45) is 0.344. The molecule has 1 aliphatic rings. The molecule has 0 radical (unpaired) electrons. The molecule has 0 bridgehead atoms. The number of amides is 4. The number of hydrogen-bond acceptors (Lipinski definition) is 7. The summed E-state index contributed by atoms with van der Waals surface area (Å²) in [6, 6.07) is 3.17. The number of urea groups is 1. The molecule has 0 unspecified atom stereocenters. The number of benzene rings is 1. The van der Waals surface area contributed by atoms with E-state index in [-0.39, 0.29) is 29.9 Å². The highest BCUT2D eigenvalue weighted by Crippen LogP contribution is 2.26. The monoisotopic (exact) mass is 403 g/mol. The Morgan fingerprint density at radius 2 is 1.96 bits per heavy atom. The fourth-order valence-electron chi connectivity index (χ4n) is 2.70. The van der Waals surface area contributed by atoms with Gasteiger partial charge in [-0.25, -0.2) is 9.78 Å². The molecule has 1 aliphatic heterocycles. The third-order valence-electron chi connectivity index (χ3n) is 4.26.